The number of rotatable bonds is 4. The largest absolute Gasteiger partial charge is 0.351 e. The van der Waals surface area contributed by atoms with E-state index in [1.165, 1.54) is 22.9 Å². The fourth-order valence-electron chi connectivity index (χ4n) is 5.17. The summed E-state index contributed by atoms with van der Waals surface area (Å²) in [4.78, 5) is 6.52. The van der Waals surface area contributed by atoms with E-state index in [1.807, 2.05) is 29.2 Å². The lowest BCUT2D eigenvalue weighted by molar-refractivity contribution is 0.556. The first-order valence-electron chi connectivity index (χ1n) is 11.4. The smallest absolute Gasteiger partial charge is 0.174 e. The molecule has 1 fully saturated rings. The molecule has 0 bridgehead atoms. The number of aryl methyl sites for hydroxylation is 3. The first-order chi connectivity index (χ1) is 16.4. The number of pyridine rings is 1. The highest BCUT2D eigenvalue weighted by atomic mass is 32.1. The van der Waals surface area contributed by atoms with Gasteiger partial charge in [0.2, 0.25) is 0 Å². The minimum absolute atomic E-state index is 0.222. The molecule has 1 aliphatic rings. The summed E-state index contributed by atoms with van der Waals surface area (Å²) < 4.78 is 17.3. The molecule has 4 nitrogen and oxygen atoms in total. The Morgan fingerprint density at radius 2 is 1.62 bits per heavy atom. The molecule has 2 aromatic heterocycles. The lowest BCUT2D eigenvalue weighted by Gasteiger charge is -2.28. The average Bonchev–Trinajstić information content (AvgIpc) is 3.31. The Balaban J connectivity index is 1.73. The monoisotopic (exact) mass is 470 g/mol. The molecule has 0 saturated carbocycles. The van der Waals surface area contributed by atoms with Crippen LogP contribution in [0.3, 0.4) is 0 Å². The molecule has 1 saturated heterocycles. The van der Waals surface area contributed by atoms with Crippen molar-refractivity contribution < 1.29 is 4.39 Å². The van der Waals surface area contributed by atoms with Crippen LogP contribution in [-0.2, 0) is 0 Å². The van der Waals surface area contributed by atoms with Crippen LogP contribution in [0.25, 0.3) is 5.69 Å². The summed E-state index contributed by atoms with van der Waals surface area (Å²) in [6.45, 7) is 8.52. The fourth-order valence-corrected chi connectivity index (χ4v) is 5.51. The Hall–Kier alpha value is -3.51. The Bertz CT molecular complexity index is 1360. The van der Waals surface area contributed by atoms with E-state index in [-0.39, 0.29) is 17.9 Å². The summed E-state index contributed by atoms with van der Waals surface area (Å²) in [6.07, 6.45) is 1.78. The maximum atomic E-state index is 15.0. The number of para-hydroxylation sites is 2. The van der Waals surface area contributed by atoms with Crippen LogP contribution < -0.4 is 10.2 Å². The van der Waals surface area contributed by atoms with Gasteiger partial charge in [0, 0.05) is 17.6 Å². The molecule has 1 aliphatic heterocycles. The number of nitrogens with one attached hydrogen (secondary N) is 1. The molecule has 2 aromatic carbocycles. The Morgan fingerprint density at radius 3 is 2.29 bits per heavy atom. The first-order valence-corrected chi connectivity index (χ1v) is 11.8. The molecule has 34 heavy (non-hydrogen) atoms. The van der Waals surface area contributed by atoms with E-state index in [9.17, 15) is 0 Å². The van der Waals surface area contributed by atoms with Gasteiger partial charge in [-0.1, -0.05) is 36.4 Å². The minimum atomic E-state index is -0.304. The highest BCUT2D eigenvalue weighted by Crippen LogP contribution is 2.44. The number of thiocarbonyl (C=S) groups is 1. The van der Waals surface area contributed by atoms with Crippen LogP contribution in [0.4, 0.5) is 10.1 Å². The summed E-state index contributed by atoms with van der Waals surface area (Å²) in [5.74, 6) is -0.304. The zero-order valence-corrected chi connectivity index (χ0v) is 20.5. The van der Waals surface area contributed by atoms with E-state index in [0.717, 1.165) is 22.6 Å². The molecule has 0 spiro atoms. The number of anilines is 1. The van der Waals surface area contributed by atoms with Gasteiger partial charge in [0.25, 0.3) is 0 Å². The third-order valence-electron chi connectivity index (χ3n) is 6.66. The van der Waals surface area contributed by atoms with Crippen LogP contribution in [0.15, 0.2) is 72.9 Å². The Labute approximate surface area is 205 Å². The number of hydrogen-bond donors (Lipinski definition) is 1. The van der Waals surface area contributed by atoms with E-state index in [1.54, 1.807) is 18.3 Å². The number of nitrogens with zero attached hydrogens (tertiary/aromatic N) is 3. The van der Waals surface area contributed by atoms with Gasteiger partial charge in [0.15, 0.2) is 5.11 Å². The summed E-state index contributed by atoms with van der Waals surface area (Å²) in [7, 11) is 0. The normalized spacial score (nSPS) is 17.8. The molecule has 0 aliphatic carbocycles. The quantitative estimate of drug-likeness (QED) is 0.349. The third-order valence-corrected chi connectivity index (χ3v) is 6.98. The van der Waals surface area contributed by atoms with Crippen molar-refractivity contribution in [2.75, 3.05) is 4.90 Å². The molecule has 5 rings (SSSR count). The average molecular weight is 471 g/mol. The van der Waals surface area contributed by atoms with Crippen molar-refractivity contribution in [2.45, 2.75) is 39.8 Å². The third kappa shape index (κ3) is 3.59. The van der Waals surface area contributed by atoms with Gasteiger partial charge in [-0.05, 0) is 86.9 Å². The van der Waals surface area contributed by atoms with Gasteiger partial charge >= 0.3 is 0 Å². The number of benzene rings is 2. The van der Waals surface area contributed by atoms with Gasteiger partial charge in [-0.3, -0.25) is 4.98 Å². The highest BCUT2D eigenvalue weighted by Gasteiger charge is 2.43. The summed E-state index contributed by atoms with van der Waals surface area (Å²) in [6, 6.07) is 20.7. The molecule has 0 radical (unpaired) electrons. The van der Waals surface area contributed by atoms with Gasteiger partial charge in [0.05, 0.1) is 29.2 Å². The summed E-state index contributed by atoms with van der Waals surface area (Å²) >= 11 is 5.77. The van der Waals surface area contributed by atoms with Crippen LogP contribution in [0.5, 0.6) is 0 Å². The van der Waals surface area contributed by atoms with Crippen molar-refractivity contribution in [1.29, 1.82) is 0 Å². The van der Waals surface area contributed by atoms with Crippen LogP contribution >= 0.6 is 12.2 Å². The predicted molar refractivity (Wildman–Crippen MR) is 139 cm³/mol. The Kier molecular flexibility index (Phi) is 5.70. The number of hydrogen-bond acceptors (Lipinski definition) is 2. The topological polar surface area (TPSA) is 33.1 Å². The first kappa shape index (κ1) is 22.3. The lowest BCUT2D eigenvalue weighted by Crippen LogP contribution is -2.30. The SMILES string of the molecule is Cc1cccc(C)c1-n1c(C)cc([C@@H]2[C@@H](c3ccccn3)NC(=S)N2c2ccccc2F)c1C. The molecule has 4 aromatic rings. The van der Waals surface area contributed by atoms with E-state index in [0.29, 0.717) is 10.8 Å². The second kappa shape index (κ2) is 8.69. The lowest BCUT2D eigenvalue weighted by atomic mass is 9.96. The van der Waals surface area contributed by atoms with Crippen molar-refractivity contribution in [2.24, 2.45) is 0 Å². The minimum Gasteiger partial charge on any atom is -0.351 e. The zero-order chi connectivity index (χ0) is 24.0. The summed E-state index contributed by atoms with van der Waals surface area (Å²) in [5, 5.41) is 3.92. The molecule has 172 valence electrons. The van der Waals surface area contributed by atoms with Crippen molar-refractivity contribution >= 4 is 23.0 Å². The maximum absolute atomic E-state index is 15.0. The van der Waals surface area contributed by atoms with Gasteiger partial charge in [-0.2, -0.15) is 0 Å². The predicted octanol–water partition coefficient (Wildman–Crippen LogP) is 6.42. The van der Waals surface area contributed by atoms with E-state index < -0.39 is 0 Å². The second-order valence-electron chi connectivity index (χ2n) is 8.85. The van der Waals surface area contributed by atoms with Gasteiger partial charge in [-0.25, -0.2) is 4.39 Å². The van der Waals surface area contributed by atoms with Crippen LogP contribution in [0.1, 0.15) is 45.9 Å². The summed E-state index contributed by atoms with van der Waals surface area (Å²) in [5.41, 5.74) is 8.24. The molecule has 0 amide bonds. The van der Waals surface area contributed by atoms with Crippen LogP contribution in [-0.4, -0.2) is 14.7 Å². The van der Waals surface area contributed by atoms with Gasteiger partial charge < -0.3 is 14.8 Å². The van der Waals surface area contributed by atoms with Crippen molar-refractivity contribution in [3.05, 3.63) is 113 Å². The zero-order valence-electron chi connectivity index (χ0n) is 19.7. The number of aromatic nitrogens is 2. The van der Waals surface area contributed by atoms with E-state index in [2.05, 4.69) is 66.8 Å². The highest BCUT2D eigenvalue weighted by molar-refractivity contribution is 7.80. The van der Waals surface area contributed by atoms with Gasteiger partial charge in [-0.15, -0.1) is 0 Å². The molecule has 1 N–H and O–H groups in total. The van der Waals surface area contributed by atoms with Crippen molar-refractivity contribution in [1.82, 2.24) is 14.9 Å². The molecule has 2 atom stereocenters. The Morgan fingerprint density at radius 1 is 0.912 bits per heavy atom. The molecule has 6 heteroatoms. The van der Waals surface area contributed by atoms with Crippen LogP contribution in [0.2, 0.25) is 0 Å². The maximum Gasteiger partial charge on any atom is 0.174 e. The van der Waals surface area contributed by atoms with Gasteiger partial charge in [0.1, 0.15) is 5.82 Å². The van der Waals surface area contributed by atoms with Crippen molar-refractivity contribution in [3.8, 4) is 5.69 Å². The second-order valence-corrected chi connectivity index (χ2v) is 9.24. The van der Waals surface area contributed by atoms with Crippen molar-refractivity contribution in [3.63, 3.8) is 0 Å². The number of halogens is 1. The standard InChI is InChI=1S/C28H27FN4S/c1-17-10-9-11-18(2)26(17)32-19(3)16-21(20(32)4)27-25(23-13-7-8-15-30-23)31-28(34)33(27)24-14-6-5-12-22(24)29/h5-16,25,27H,1-4H3,(H,31,34)/t25-,27-/m1/s1. The van der Waals surface area contributed by atoms with E-state index in [4.69, 9.17) is 12.2 Å². The fraction of sp³-hybridized carbons (Fsp3) is 0.214. The molecule has 3 heterocycles. The van der Waals surface area contributed by atoms with Crippen LogP contribution in [0, 0.1) is 33.5 Å². The molecule has 0 unspecified atom stereocenters. The van der Waals surface area contributed by atoms with E-state index >= 15 is 4.39 Å². The molecular weight excluding hydrogens is 443 g/mol. The molecular formula is C28H27FN4S.